The van der Waals surface area contributed by atoms with Crippen molar-refractivity contribution in [2.45, 2.75) is 13.3 Å². The minimum atomic E-state index is 0.739. The Hall–Kier alpha value is -2.48. The molecule has 2 aromatic heterocycles. The minimum absolute atomic E-state index is 0.739. The highest BCUT2D eigenvalue weighted by Gasteiger charge is 2.21. The number of anilines is 3. The first-order chi connectivity index (χ1) is 12.8. The van der Waals surface area contributed by atoms with E-state index in [9.17, 15) is 0 Å². The number of aryl methyl sites for hydroxylation is 1. The van der Waals surface area contributed by atoms with E-state index in [0.717, 1.165) is 76.6 Å². The van der Waals surface area contributed by atoms with Gasteiger partial charge in [-0.3, -0.25) is 0 Å². The molecule has 0 saturated carbocycles. The molecular weight excluding hydrogens is 330 g/mol. The van der Waals surface area contributed by atoms with E-state index in [0.29, 0.717) is 0 Å². The van der Waals surface area contributed by atoms with Crippen molar-refractivity contribution >= 4 is 17.7 Å². The second-order valence-electron chi connectivity index (χ2n) is 6.53. The molecule has 0 spiro atoms. The Kier molecular flexibility index (Phi) is 5.10. The highest BCUT2D eigenvalue weighted by atomic mass is 16.5. The Morgan fingerprint density at radius 2 is 1.50 bits per heavy atom. The Balaban J connectivity index is 1.39. The van der Waals surface area contributed by atoms with Crippen molar-refractivity contribution in [1.82, 2.24) is 19.9 Å². The topological polar surface area (TPSA) is 70.5 Å². The zero-order chi connectivity index (χ0) is 17.8. The summed E-state index contributed by atoms with van der Waals surface area (Å²) in [6.07, 6.45) is 6.67. The molecule has 2 aliphatic rings. The predicted octanol–water partition coefficient (Wildman–Crippen LogP) is 0.992. The third kappa shape index (κ3) is 3.70. The molecule has 4 heterocycles. The van der Waals surface area contributed by atoms with Gasteiger partial charge in [-0.2, -0.15) is 4.98 Å². The SMILES string of the molecule is CCc1cnc(N2CCN(c3ccnc(N4CCOCC4)n3)CC2)nc1. The minimum Gasteiger partial charge on any atom is -0.378 e. The largest absolute Gasteiger partial charge is 0.378 e. The van der Waals surface area contributed by atoms with Crippen molar-refractivity contribution in [2.75, 3.05) is 67.2 Å². The van der Waals surface area contributed by atoms with Crippen LogP contribution in [0.3, 0.4) is 0 Å². The summed E-state index contributed by atoms with van der Waals surface area (Å²) >= 11 is 0. The van der Waals surface area contributed by atoms with Crippen molar-refractivity contribution in [3.63, 3.8) is 0 Å². The Bertz CT molecular complexity index is 710. The van der Waals surface area contributed by atoms with E-state index in [4.69, 9.17) is 9.72 Å². The number of morpholine rings is 1. The summed E-state index contributed by atoms with van der Waals surface area (Å²) in [5.74, 6) is 2.61. The maximum absolute atomic E-state index is 5.41. The smallest absolute Gasteiger partial charge is 0.227 e. The van der Waals surface area contributed by atoms with Gasteiger partial charge >= 0.3 is 0 Å². The lowest BCUT2D eigenvalue weighted by molar-refractivity contribution is 0.122. The summed E-state index contributed by atoms with van der Waals surface area (Å²) in [6, 6.07) is 1.99. The van der Waals surface area contributed by atoms with Gasteiger partial charge in [0.25, 0.3) is 0 Å². The van der Waals surface area contributed by atoms with Crippen LogP contribution in [0.1, 0.15) is 12.5 Å². The second kappa shape index (κ2) is 7.82. The van der Waals surface area contributed by atoms with Crippen molar-refractivity contribution in [1.29, 1.82) is 0 Å². The van der Waals surface area contributed by atoms with Gasteiger partial charge < -0.3 is 19.4 Å². The normalized spacial score (nSPS) is 18.3. The summed E-state index contributed by atoms with van der Waals surface area (Å²) in [5, 5.41) is 0. The molecule has 8 nitrogen and oxygen atoms in total. The molecule has 8 heteroatoms. The molecule has 0 radical (unpaired) electrons. The molecule has 0 bridgehead atoms. The third-order valence-corrected chi connectivity index (χ3v) is 4.91. The first-order valence-corrected chi connectivity index (χ1v) is 9.30. The van der Waals surface area contributed by atoms with Crippen molar-refractivity contribution in [3.05, 3.63) is 30.2 Å². The maximum atomic E-state index is 5.41. The molecule has 2 aromatic rings. The van der Waals surface area contributed by atoms with Crippen molar-refractivity contribution in [3.8, 4) is 0 Å². The highest BCUT2D eigenvalue weighted by Crippen LogP contribution is 2.19. The van der Waals surface area contributed by atoms with E-state index in [1.165, 1.54) is 5.56 Å². The van der Waals surface area contributed by atoms with Crippen LogP contribution in [0.2, 0.25) is 0 Å². The second-order valence-corrected chi connectivity index (χ2v) is 6.53. The molecule has 0 amide bonds. The lowest BCUT2D eigenvalue weighted by atomic mass is 10.3. The van der Waals surface area contributed by atoms with Crippen molar-refractivity contribution in [2.24, 2.45) is 0 Å². The molecular formula is C18H25N7O. The van der Waals surface area contributed by atoms with Gasteiger partial charge in [-0.25, -0.2) is 15.0 Å². The predicted molar refractivity (Wildman–Crippen MR) is 101 cm³/mol. The molecule has 0 aliphatic carbocycles. The van der Waals surface area contributed by atoms with E-state index in [1.807, 2.05) is 24.7 Å². The van der Waals surface area contributed by atoms with Crippen LogP contribution >= 0.6 is 0 Å². The van der Waals surface area contributed by atoms with E-state index in [2.05, 4.69) is 36.6 Å². The average molecular weight is 355 g/mol. The van der Waals surface area contributed by atoms with Crippen LogP contribution in [-0.2, 0) is 11.2 Å². The van der Waals surface area contributed by atoms with Gasteiger partial charge in [-0.1, -0.05) is 6.92 Å². The summed E-state index contributed by atoms with van der Waals surface area (Å²) in [5.41, 5.74) is 1.17. The third-order valence-electron chi connectivity index (χ3n) is 4.91. The fraction of sp³-hybridized carbons (Fsp3) is 0.556. The quantitative estimate of drug-likeness (QED) is 0.804. The molecule has 2 fully saturated rings. The van der Waals surface area contributed by atoms with Crippen LogP contribution in [0, 0.1) is 0 Å². The van der Waals surface area contributed by atoms with Crippen molar-refractivity contribution < 1.29 is 4.74 Å². The van der Waals surface area contributed by atoms with Gasteiger partial charge in [0.05, 0.1) is 13.2 Å². The van der Waals surface area contributed by atoms with Gasteiger partial charge in [0.1, 0.15) is 5.82 Å². The Labute approximate surface area is 153 Å². The average Bonchev–Trinajstić information content (AvgIpc) is 2.75. The van der Waals surface area contributed by atoms with E-state index >= 15 is 0 Å². The van der Waals surface area contributed by atoms with E-state index < -0.39 is 0 Å². The highest BCUT2D eigenvalue weighted by molar-refractivity contribution is 5.46. The zero-order valence-electron chi connectivity index (χ0n) is 15.2. The van der Waals surface area contributed by atoms with Crippen LogP contribution in [0.15, 0.2) is 24.7 Å². The van der Waals surface area contributed by atoms with Gasteiger partial charge in [0, 0.05) is 57.9 Å². The summed E-state index contributed by atoms with van der Waals surface area (Å²) in [6.45, 7) is 8.88. The first kappa shape index (κ1) is 17.0. The number of ether oxygens (including phenoxy) is 1. The van der Waals surface area contributed by atoms with Gasteiger partial charge in [-0.05, 0) is 18.1 Å². The Morgan fingerprint density at radius 1 is 0.846 bits per heavy atom. The molecule has 2 saturated heterocycles. The summed E-state index contributed by atoms with van der Waals surface area (Å²) in [7, 11) is 0. The van der Waals surface area contributed by atoms with Gasteiger partial charge in [-0.15, -0.1) is 0 Å². The van der Waals surface area contributed by atoms with Gasteiger partial charge in [0.2, 0.25) is 11.9 Å². The monoisotopic (exact) mass is 355 g/mol. The first-order valence-electron chi connectivity index (χ1n) is 9.30. The number of hydrogen-bond donors (Lipinski definition) is 0. The molecule has 4 rings (SSSR count). The van der Waals surface area contributed by atoms with Crippen LogP contribution in [0.4, 0.5) is 17.7 Å². The van der Waals surface area contributed by atoms with Crippen LogP contribution in [0.25, 0.3) is 0 Å². The summed E-state index contributed by atoms with van der Waals surface area (Å²) < 4.78 is 5.41. The van der Waals surface area contributed by atoms with Crippen LogP contribution in [0.5, 0.6) is 0 Å². The molecule has 2 aliphatic heterocycles. The lowest BCUT2D eigenvalue weighted by Crippen LogP contribution is -2.47. The van der Waals surface area contributed by atoms with E-state index in [-0.39, 0.29) is 0 Å². The Morgan fingerprint density at radius 3 is 2.19 bits per heavy atom. The fourth-order valence-electron chi connectivity index (χ4n) is 3.26. The summed E-state index contributed by atoms with van der Waals surface area (Å²) in [4.78, 5) is 24.9. The maximum Gasteiger partial charge on any atom is 0.227 e. The molecule has 26 heavy (non-hydrogen) atoms. The van der Waals surface area contributed by atoms with Gasteiger partial charge in [0.15, 0.2) is 0 Å². The number of aromatic nitrogens is 4. The number of nitrogens with zero attached hydrogens (tertiary/aromatic N) is 7. The fourth-order valence-corrected chi connectivity index (χ4v) is 3.26. The lowest BCUT2D eigenvalue weighted by Gasteiger charge is -2.35. The number of piperazine rings is 1. The van der Waals surface area contributed by atoms with Crippen LogP contribution < -0.4 is 14.7 Å². The van der Waals surface area contributed by atoms with E-state index in [1.54, 1.807) is 0 Å². The molecule has 0 unspecified atom stereocenters. The number of hydrogen-bond acceptors (Lipinski definition) is 8. The van der Waals surface area contributed by atoms with Crippen LogP contribution in [-0.4, -0.2) is 72.4 Å². The molecule has 0 aromatic carbocycles. The molecule has 138 valence electrons. The molecule has 0 N–H and O–H groups in total. The number of rotatable bonds is 4. The standard InChI is InChI=1S/C18H25N7O/c1-2-15-13-20-17(21-14-15)24-7-5-23(6-8-24)16-3-4-19-18(22-16)25-9-11-26-12-10-25/h3-4,13-14H,2,5-12H2,1H3. The zero-order valence-corrected chi connectivity index (χ0v) is 15.2. The molecule has 0 atom stereocenters.